The van der Waals surface area contributed by atoms with Crippen LogP contribution in [0, 0.1) is 5.92 Å². The van der Waals surface area contributed by atoms with E-state index in [1.165, 1.54) is 11.3 Å². The van der Waals surface area contributed by atoms with Crippen LogP contribution in [0.15, 0.2) is 41.3 Å². The van der Waals surface area contributed by atoms with Gasteiger partial charge in [0, 0.05) is 55.9 Å². The lowest BCUT2D eigenvalue weighted by atomic mass is 9.92. The summed E-state index contributed by atoms with van der Waals surface area (Å²) < 4.78 is 38.0. The van der Waals surface area contributed by atoms with Gasteiger partial charge in [-0.25, -0.2) is 8.42 Å². The summed E-state index contributed by atoms with van der Waals surface area (Å²) in [6.45, 7) is 13.0. The van der Waals surface area contributed by atoms with Crippen molar-refractivity contribution < 1.29 is 27.5 Å². The number of hydrogen-bond acceptors (Lipinski definition) is 9. The van der Waals surface area contributed by atoms with Gasteiger partial charge in [0.25, 0.3) is 0 Å². The highest BCUT2D eigenvalue weighted by Gasteiger charge is 2.45. The first kappa shape index (κ1) is 39.5. The Kier molecular flexibility index (Phi) is 16.7. The third-order valence-electron chi connectivity index (χ3n) is 8.49. The number of nitrogens with one attached hydrogen (secondary N) is 2. The van der Waals surface area contributed by atoms with Crippen LogP contribution in [0.5, 0.6) is 0 Å². The van der Waals surface area contributed by atoms with Crippen LogP contribution in [0.25, 0.3) is 0 Å². The molecule has 4 rings (SSSR count). The number of likely N-dealkylation sites (tertiary alicyclic amines) is 1. The third-order valence-corrected chi connectivity index (χ3v) is 12.6. The van der Waals surface area contributed by atoms with Crippen molar-refractivity contribution in [2.75, 3.05) is 44.8 Å². The lowest BCUT2D eigenvalue weighted by Crippen LogP contribution is -2.48. The number of hydroxylamine groups is 1. The van der Waals surface area contributed by atoms with Crippen molar-refractivity contribution in [3.05, 3.63) is 46.2 Å². The van der Waals surface area contributed by atoms with E-state index in [1.807, 2.05) is 13.0 Å². The topological polar surface area (TPSA) is 106 Å². The van der Waals surface area contributed by atoms with Gasteiger partial charge in [0.1, 0.15) is 0 Å². The van der Waals surface area contributed by atoms with E-state index in [2.05, 4.69) is 42.5 Å². The maximum Gasteiger partial charge on any atom is 0.185 e. The molecule has 1 aromatic carbocycles. The van der Waals surface area contributed by atoms with Crippen molar-refractivity contribution in [2.45, 2.75) is 108 Å². The summed E-state index contributed by atoms with van der Waals surface area (Å²) in [7, 11) is -3.73. The second-order valence-electron chi connectivity index (χ2n) is 12.3. The van der Waals surface area contributed by atoms with Gasteiger partial charge in [0.2, 0.25) is 0 Å². The minimum Gasteiger partial charge on any atom is -0.381 e. The molecule has 2 N–H and O–H groups in total. The van der Waals surface area contributed by atoms with Crippen molar-refractivity contribution >= 4 is 50.0 Å². The van der Waals surface area contributed by atoms with Crippen LogP contribution in [-0.4, -0.2) is 74.7 Å². The van der Waals surface area contributed by atoms with Gasteiger partial charge in [-0.2, -0.15) is 5.48 Å². The summed E-state index contributed by atoms with van der Waals surface area (Å²) in [6.07, 6.45) is 7.07. The number of nitrogens with zero attached hydrogens (tertiary/aromatic N) is 1. The molecule has 1 aromatic heterocycles. The van der Waals surface area contributed by atoms with Gasteiger partial charge in [-0.15, -0.1) is 11.3 Å². The number of carbonyl (C=O) groups is 1. The molecule has 12 heteroatoms. The molecule has 0 radical (unpaired) electrons. The second-order valence-corrected chi connectivity index (χ2v) is 16.2. The molecule has 2 unspecified atom stereocenters. The fourth-order valence-electron chi connectivity index (χ4n) is 5.79. The van der Waals surface area contributed by atoms with Crippen LogP contribution in [-0.2, 0) is 30.6 Å². The lowest BCUT2D eigenvalue weighted by molar-refractivity contribution is -0.168. The number of unbranched alkanes of at least 4 members (excludes halogenated alkanes) is 1. The molecule has 2 aliphatic rings. The molecule has 3 heterocycles. The van der Waals surface area contributed by atoms with E-state index in [4.69, 9.17) is 26.5 Å². The summed E-state index contributed by atoms with van der Waals surface area (Å²) in [6, 6.07) is 10.9. The molecule has 47 heavy (non-hydrogen) atoms. The summed E-state index contributed by atoms with van der Waals surface area (Å²) in [5, 5.41) is 3.84. The molecule has 9 nitrogen and oxygen atoms in total. The predicted molar refractivity (Wildman–Crippen MR) is 195 cm³/mol. The SMILES string of the molecule is CCC.CCCCc1ccc(C(=O)C2CCN(C(=S)Nc3ccc(S(=O)(=O)C4(CNOC(C)OCC)CCCOCC4)cc3)CC2)s1. The first-order chi connectivity index (χ1) is 22.6. The molecule has 2 saturated heterocycles. The fourth-order valence-corrected chi connectivity index (χ4v) is 9.17. The number of Topliss-reactive ketones (excluding diaryl/α,β-unsaturated/α-hetero) is 1. The molecular formula is C35H55N3O6S3. The Balaban J connectivity index is 0.00000192. The standard InChI is InChI=1S/C32H47N3O6S3.C3H8/c1-4-6-8-27-11-14-29(43-27)30(36)25-15-19-35(20-16-25)31(42)34-26-9-12-28(13-10-26)44(37,38)32(17-7-21-39-22-18-32)23-33-41-24(3)40-5-2;1-3-2/h9-14,24-25,33H,4-8,15-23H2,1-3H3,(H,34,42);3H2,1-2H3. The third kappa shape index (κ3) is 11.3. The first-order valence-electron chi connectivity index (χ1n) is 17.2. The highest BCUT2D eigenvalue weighted by molar-refractivity contribution is 7.92. The average molecular weight is 710 g/mol. The number of aryl methyl sites for hydroxylation is 1. The number of rotatable bonds is 14. The maximum absolute atomic E-state index is 14.0. The van der Waals surface area contributed by atoms with Crippen molar-refractivity contribution in [1.82, 2.24) is 10.4 Å². The van der Waals surface area contributed by atoms with Gasteiger partial charge >= 0.3 is 0 Å². The van der Waals surface area contributed by atoms with E-state index in [-0.39, 0.29) is 23.1 Å². The largest absolute Gasteiger partial charge is 0.381 e. The summed E-state index contributed by atoms with van der Waals surface area (Å²) in [4.78, 5) is 23.1. The van der Waals surface area contributed by atoms with Crippen LogP contribution in [0.2, 0.25) is 0 Å². The molecular weight excluding hydrogens is 655 g/mol. The predicted octanol–water partition coefficient (Wildman–Crippen LogP) is 7.42. The molecule has 0 bridgehead atoms. The van der Waals surface area contributed by atoms with E-state index >= 15 is 0 Å². The number of benzene rings is 1. The summed E-state index contributed by atoms with van der Waals surface area (Å²) in [5.74, 6) is 0.261. The van der Waals surface area contributed by atoms with Gasteiger partial charge in [0.15, 0.2) is 27.0 Å². The molecule has 0 amide bonds. The maximum atomic E-state index is 14.0. The Bertz CT molecular complexity index is 1330. The Morgan fingerprint density at radius 2 is 1.79 bits per heavy atom. The smallest absolute Gasteiger partial charge is 0.185 e. The number of ether oxygens (including phenoxy) is 2. The van der Waals surface area contributed by atoms with E-state index < -0.39 is 20.9 Å². The van der Waals surface area contributed by atoms with Gasteiger partial charge < -0.3 is 19.7 Å². The molecule has 2 fully saturated rings. The normalized spacial score (nSPS) is 19.7. The van der Waals surface area contributed by atoms with Crippen LogP contribution < -0.4 is 10.8 Å². The summed E-state index contributed by atoms with van der Waals surface area (Å²) in [5.41, 5.74) is 3.59. The van der Waals surface area contributed by atoms with Crippen LogP contribution in [0.3, 0.4) is 0 Å². The second kappa shape index (κ2) is 19.9. The zero-order valence-corrected chi connectivity index (χ0v) is 31.3. The zero-order valence-electron chi connectivity index (χ0n) is 28.8. The van der Waals surface area contributed by atoms with E-state index in [1.54, 1.807) is 42.5 Å². The highest BCUT2D eigenvalue weighted by Crippen LogP contribution is 2.35. The van der Waals surface area contributed by atoms with E-state index in [9.17, 15) is 13.2 Å². The fraction of sp³-hybridized carbons (Fsp3) is 0.657. The van der Waals surface area contributed by atoms with E-state index in [0.717, 1.165) is 42.7 Å². The number of ketones is 1. The van der Waals surface area contributed by atoms with Crippen molar-refractivity contribution in [2.24, 2.45) is 5.92 Å². The van der Waals surface area contributed by atoms with Crippen molar-refractivity contribution in [1.29, 1.82) is 0 Å². The molecule has 0 saturated carbocycles. The minimum atomic E-state index is -3.73. The molecule has 2 aromatic rings. The van der Waals surface area contributed by atoms with Gasteiger partial charge in [-0.3, -0.25) is 9.63 Å². The first-order valence-corrected chi connectivity index (χ1v) is 19.9. The Hall–Kier alpha value is -1.93. The number of carbonyl (C=O) groups excluding carboxylic acids is 1. The minimum absolute atomic E-state index is 0.0141. The van der Waals surface area contributed by atoms with Gasteiger partial charge in [0.05, 0.1) is 14.5 Å². The average Bonchev–Trinajstić information content (AvgIpc) is 3.41. The molecule has 0 aliphatic carbocycles. The van der Waals surface area contributed by atoms with Crippen LogP contribution in [0.1, 0.15) is 101 Å². The quantitative estimate of drug-likeness (QED) is 0.0892. The van der Waals surface area contributed by atoms with E-state index in [0.29, 0.717) is 57.3 Å². The Morgan fingerprint density at radius 1 is 1.09 bits per heavy atom. The molecule has 264 valence electrons. The molecule has 2 atom stereocenters. The van der Waals surface area contributed by atoms with Crippen molar-refractivity contribution in [3.8, 4) is 0 Å². The number of thiocarbonyl (C=S) groups is 1. The summed E-state index contributed by atoms with van der Waals surface area (Å²) >= 11 is 7.33. The lowest BCUT2D eigenvalue weighted by Gasteiger charge is -2.33. The number of piperidine rings is 1. The van der Waals surface area contributed by atoms with Crippen molar-refractivity contribution in [3.63, 3.8) is 0 Å². The van der Waals surface area contributed by atoms with Crippen LogP contribution >= 0.6 is 23.6 Å². The number of sulfone groups is 1. The molecule has 0 spiro atoms. The highest BCUT2D eigenvalue weighted by atomic mass is 32.2. The molecule has 2 aliphatic heterocycles. The number of anilines is 1. The number of hydrogen-bond donors (Lipinski definition) is 2. The Morgan fingerprint density at radius 3 is 2.45 bits per heavy atom. The van der Waals surface area contributed by atoms with Gasteiger partial charge in [-0.05, 0) is 107 Å². The monoisotopic (exact) mass is 709 g/mol. The Labute approximate surface area is 292 Å². The number of thiophene rings is 1. The van der Waals surface area contributed by atoms with Crippen LogP contribution in [0.4, 0.5) is 5.69 Å². The zero-order chi connectivity index (χ0) is 34.3. The van der Waals surface area contributed by atoms with Gasteiger partial charge in [-0.1, -0.05) is 33.6 Å².